The van der Waals surface area contributed by atoms with Crippen LogP contribution in [0.25, 0.3) is 0 Å². The van der Waals surface area contributed by atoms with Crippen LogP contribution < -0.4 is 4.90 Å². The summed E-state index contributed by atoms with van der Waals surface area (Å²) in [6.07, 6.45) is 0.636. The number of nitrogens with zero attached hydrogens (tertiary/aromatic N) is 2. The van der Waals surface area contributed by atoms with Gasteiger partial charge in [-0.3, -0.25) is 4.79 Å². The summed E-state index contributed by atoms with van der Waals surface area (Å²) in [5.74, 6) is 0.293. The van der Waals surface area contributed by atoms with Gasteiger partial charge in [0.1, 0.15) is 0 Å². The molecule has 0 N–H and O–H groups in total. The number of hydrogen-bond acceptors (Lipinski definition) is 2. The summed E-state index contributed by atoms with van der Waals surface area (Å²) < 4.78 is 0. The molecule has 3 nitrogen and oxygen atoms in total. The minimum Gasteiger partial charge on any atom is -0.368 e. The summed E-state index contributed by atoms with van der Waals surface area (Å²) in [5, 5.41) is 0. The van der Waals surface area contributed by atoms with E-state index in [1.807, 2.05) is 4.90 Å². The Balaban J connectivity index is 1.93. The third-order valence-electron chi connectivity index (χ3n) is 3.77. The van der Waals surface area contributed by atoms with Crippen molar-refractivity contribution in [3.8, 4) is 0 Å². The number of rotatable bonds is 2. The number of benzene rings is 1. The molecule has 0 unspecified atom stereocenters. The van der Waals surface area contributed by atoms with Gasteiger partial charge in [-0.2, -0.15) is 0 Å². The third-order valence-corrected chi connectivity index (χ3v) is 3.77. The molecule has 1 aliphatic rings. The minimum atomic E-state index is 0.0736. The zero-order valence-corrected chi connectivity index (χ0v) is 13.1. The van der Waals surface area contributed by atoms with E-state index in [1.54, 1.807) is 0 Å². The lowest BCUT2D eigenvalue weighted by molar-refractivity contribution is -0.133. The SMILES string of the molecule is Cc1ccccc1N1CCN(C(=O)CC(C)(C)C)CC1. The van der Waals surface area contributed by atoms with E-state index in [-0.39, 0.29) is 5.41 Å². The van der Waals surface area contributed by atoms with Crippen molar-refractivity contribution in [1.29, 1.82) is 0 Å². The van der Waals surface area contributed by atoms with Crippen molar-refractivity contribution in [3.63, 3.8) is 0 Å². The highest BCUT2D eigenvalue weighted by molar-refractivity contribution is 5.77. The Morgan fingerprint density at radius 1 is 1.10 bits per heavy atom. The molecule has 1 heterocycles. The van der Waals surface area contributed by atoms with E-state index in [4.69, 9.17) is 0 Å². The van der Waals surface area contributed by atoms with Crippen LogP contribution in [-0.2, 0) is 4.79 Å². The Morgan fingerprint density at radius 3 is 2.25 bits per heavy atom. The van der Waals surface area contributed by atoms with Crippen LogP contribution in [0.2, 0.25) is 0 Å². The summed E-state index contributed by atoms with van der Waals surface area (Å²) >= 11 is 0. The van der Waals surface area contributed by atoms with E-state index in [9.17, 15) is 4.79 Å². The van der Waals surface area contributed by atoms with E-state index < -0.39 is 0 Å². The van der Waals surface area contributed by atoms with E-state index in [2.05, 4.69) is 56.9 Å². The summed E-state index contributed by atoms with van der Waals surface area (Å²) in [6.45, 7) is 12.0. The normalized spacial score (nSPS) is 16.4. The summed E-state index contributed by atoms with van der Waals surface area (Å²) in [7, 11) is 0. The molecule has 3 heteroatoms. The first-order chi connectivity index (χ1) is 9.37. The number of piperazine rings is 1. The first-order valence-corrected chi connectivity index (χ1v) is 7.45. The van der Waals surface area contributed by atoms with Crippen molar-refractivity contribution < 1.29 is 4.79 Å². The van der Waals surface area contributed by atoms with Crippen LogP contribution in [-0.4, -0.2) is 37.0 Å². The molecule has 1 saturated heterocycles. The maximum atomic E-state index is 12.2. The van der Waals surface area contributed by atoms with Crippen molar-refractivity contribution in [2.45, 2.75) is 34.1 Å². The molecule has 1 aromatic carbocycles. The molecule has 1 aliphatic heterocycles. The summed E-state index contributed by atoms with van der Waals surface area (Å²) in [5.41, 5.74) is 2.68. The van der Waals surface area contributed by atoms with Crippen molar-refractivity contribution in [2.24, 2.45) is 5.41 Å². The fraction of sp³-hybridized carbons (Fsp3) is 0.588. The second kappa shape index (κ2) is 5.86. The Hall–Kier alpha value is -1.51. The van der Waals surface area contributed by atoms with Gasteiger partial charge in [-0.15, -0.1) is 0 Å². The van der Waals surface area contributed by atoms with Gasteiger partial charge in [0.25, 0.3) is 0 Å². The van der Waals surface area contributed by atoms with Gasteiger partial charge in [-0.1, -0.05) is 39.0 Å². The molecule has 110 valence electrons. The molecule has 0 spiro atoms. The molecular weight excluding hydrogens is 248 g/mol. The van der Waals surface area contributed by atoms with E-state index in [0.29, 0.717) is 12.3 Å². The lowest BCUT2D eigenvalue weighted by Gasteiger charge is -2.37. The van der Waals surface area contributed by atoms with Crippen molar-refractivity contribution in [2.75, 3.05) is 31.1 Å². The van der Waals surface area contributed by atoms with Gasteiger partial charge in [-0.25, -0.2) is 0 Å². The van der Waals surface area contributed by atoms with Gasteiger partial charge in [0.15, 0.2) is 0 Å². The third kappa shape index (κ3) is 3.75. The van der Waals surface area contributed by atoms with Crippen molar-refractivity contribution >= 4 is 11.6 Å². The van der Waals surface area contributed by atoms with Gasteiger partial charge in [0.2, 0.25) is 5.91 Å². The van der Waals surface area contributed by atoms with Crippen LogP contribution in [0.15, 0.2) is 24.3 Å². The average molecular weight is 274 g/mol. The Bertz CT molecular complexity index is 468. The lowest BCUT2D eigenvalue weighted by Crippen LogP contribution is -2.49. The molecule has 1 amide bonds. The van der Waals surface area contributed by atoms with Crippen LogP contribution in [0.1, 0.15) is 32.8 Å². The monoisotopic (exact) mass is 274 g/mol. The highest BCUT2D eigenvalue weighted by atomic mass is 16.2. The highest BCUT2D eigenvalue weighted by Gasteiger charge is 2.25. The standard InChI is InChI=1S/C17H26N2O/c1-14-7-5-6-8-15(14)18-9-11-19(12-10-18)16(20)13-17(2,3)4/h5-8H,9-13H2,1-4H3. The first-order valence-electron chi connectivity index (χ1n) is 7.45. The van der Waals surface area contributed by atoms with Gasteiger partial charge < -0.3 is 9.80 Å². The molecule has 1 aromatic rings. The smallest absolute Gasteiger partial charge is 0.223 e. The van der Waals surface area contributed by atoms with E-state index in [1.165, 1.54) is 11.3 Å². The quantitative estimate of drug-likeness (QED) is 0.827. The molecule has 0 aliphatic carbocycles. The maximum absolute atomic E-state index is 12.2. The molecule has 1 fully saturated rings. The van der Waals surface area contributed by atoms with E-state index in [0.717, 1.165) is 26.2 Å². The van der Waals surface area contributed by atoms with E-state index >= 15 is 0 Å². The zero-order chi connectivity index (χ0) is 14.8. The van der Waals surface area contributed by atoms with Crippen LogP contribution >= 0.6 is 0 Å². The number of aryl methyl sites for hydroxylation is 1. The van der Waals surface area contributed by atoms with Gasteiger partial charge in [0, 0.05) is 38.3 Å². The number of carbonyl (C=O) groups is 1. The first kappa shape index (κ1) is 14.9. The molecule has 0 saturated carbocycles. The van der Waals surface area contributed by atoms with Crippen LogP contribution in [0.4, 0.5) is 5.69 Å². The highest BCUT2D eigenvalue weighted by Crippen LogP contribution is 2.23. The Morgan fingerprint density at radius 2 is 1.70 bits per heavy atom. The molecular formula is C17H26N2O. The fourth-order valence-corrected chi connectivity index (χ4v) is 2.68. The van der Waals surface area contributed by atoms with Gasteiger partial charge in [-0.05, 0) is 24.0 Å². The number of anilines is 1. The largest absolute Gasteiger partial charge is 0.368 e. The molecule has 0 aromatic heterocycles. The summed E-state index contributed by atoms with van der Waals surface area (Å²) in [6, 6.07) is 8.47. The molecule has 2 rings (SSSR count). The van der Waals surface area contributed by atoms with Crippen LogP contribution in [0.5, 0.6) is 0 Å². The predicted octanol–water partition coefficient (Wildman–Crippen LogP) is 3.08. The second-order valence-corrected chi connectivity index (χ2v) is 6.89. The topological polar surface area (TPSA) is 23.6 Å². The predicted molar refractivity (Wildman–Crippen MR) is 84.0 cm³/mol. The van der Waals surface area contributed by atoms with Gasteiger partial charge in [0.05, 0.1) is 0 Å². The Labute approximate surface area is 122 Å². The molecule has 0 bridgehead atoms. The minimum absolute atomic E-state index is 0.0736. The lowest BCUT2D eigenvalue weighted by atomic mass is 9.91. The van der Waals surface area contributed by atoms with Crippen molar-refractivity contribution in [3.05, 3.63) is 29.8 Å². The number of para-hydroxylation sites is 1. The maximum Gasteiger partial charge on any atom is 0.223 e. The number of carbonyl (C=O) groups excluding carboxylic acids is 1. The van der Waals surface area contributed by atoms with Gasteiger partial charge >= 0.3 is 0 Å². The number of amides is 1. The Kier molecular flexibility index (Phi) is 4.36. The van der Waals surface area contributed by atoms with Crippen LogP contribution in [0, 0.1) is 12.3 Å². The molecule has 0 atom stereocenters. The zero-order valence-electron chi connectivity index (χ0n) is 13.1. The van der Waals surface area contributed by atoms with Crippen molar-refractivity contribution in [1.82, 2.24) is 4.90 Å². The summed E-state index contributed by atoms with van der Waals surface area (Å²) in [4.78, 5) is 16.6. The second-order valence-electron chi connectivity index (χ2n) is 6.89. The molecule has 0 radical (unpaired) electrons. The molecule has 20 heavy (non-hydrogen) atoms. The fourth-order valence-electron chi connectivity index (χ4n) is 2.68. The number of hydrogen-bond donors (Lipinski definition) is 0. The van der Waals surface area contributed by atoms with Crippen LogP contribution in [0.3, 0.4) is 0 Å². The average Bonchev–Trinajstić information content (AvgIpc) is 2.37.